The first-order valence-electron chi connectivity index (χ1n) is 8.14. The highest BCUT2D eigenvalue weighted by Crippen LogP contribution is 2.05. The number of imidazole rings is 1. The molecular formula is C19H24N4O. The first-order valence-corrected chi connectivity index (χ1v) is 8.14. The topological polar surface area (TPSA) is 59.0 Å². The van der Waals surface area contributed by atoms with E-state index in [1.165, 1.54) is 5.56 Å². The summed E-state index contributed by atoms with van der Waals surface area (Å²) in [5.41, 5.74) is 1.27. The van der Waals surface area contributed by atoms with Crippen molar-refractivity contribution in [3.05, 3.63) is 54.1 Å². The van der Waals surface area contributed by atoms with Crippen molar-refractivity contribution >= 4 is 6.03 Å². The van der Waals surface area contributed by atoms with Crippen molar-refractivity contribution in [2.45, 2.75) is 39.4 Å². The van der Waals surface area contributed by atoms with Gasteiger partial charge in [-0.15, -0.1) is 6.42 Å². The lowest BCUT2D eigenvalue weighted by Gasteiger charge is -2.17. The molecule has 5 heteroatoms. The zero-order valence-electron chi connectivity index (χ0n) is 14.2. The number of nitrogens with zero attached hydrogens (tertiary/aromatic N) is 2. The SMILES string of the molecule is C#CC(NC(=O)NCc1nccn1CCc1ccccc1)C(C)C. The second kappa shape index (κ2) is 8.78. The molecule has 0 saturated heterocycles. The van der Waals surface area contributed by atoms with Crippen LogP contribution >= 0.6 is 0 Å². The smallest absolute Gasteiger partial charge is 0.316 e. The number of carbonyl (C=O) groups is 1. The van der Waals surface area contributed by atoms with Crippen LogP contribution in [0.3, 0.4) is 0 Å². The highest BCUT2D eigenvalue weighted by atomic mass is 16.2. The zero-order valence-corrected chi connectivity index (χ0v) is 14.2. The Balaban J connectivity index is 1.84. The third-order valence-electron chi connectivity index (χ3n) is 3.83. The minimum atomic E-state index is -0.275. The number of aryl methyl sites for hydroxylation is 2. The quantitative estimate of drug-likeness (QED) is 0.769. The van der Waals surface area contributed by atoms with E-state index >= 15 is 0 Å². The molecule has 1 aromatic heterocycles. The fraction of sp³-hybridized carbons (Fsp3) is 0.368. The summed E-state index contributed by atoms with van der Waals surface area (Å²) < 4.78 is 2.05. The average molecular weight is 324 g/mol. The first-order chi connectivity index (χ1) is 11.6. The number of terminal acetylenes is 1. The maximum atomic E-state index is 11.9. The van der Waals surface area contributed by atoms with Gasteiger partial charge >= 0.3 is 6.03 Å². The summed E-state index contributed by atoms with van der Waals surface area (Å²) in [5, 5.41) is 5.60. The molecule has 0 aliphatic heterocycles. The number of benzene rings is 1. The van der Waals surface area contributed by atoms with Gasteiger partial charge in [-0.25, -0.2) is 9.78 Å². The van der Waals surface area contributed by atoms with Gasteiger partial charge in [-0.05, 0) is 17.9 Å². The van der Waals surface area contributed by atoms with E-state index in [0.29, 0.717) is 6.54 Å². The van der Waals surface area contributed by atoms with Crippen molar-refractivity contribution in [1.82, 2.24) is 20.2 Å². The molecule has 1 heterocycles. The van der Waals surface area contributed by atoms with Crippen LogP contribution in [-0.2, 0) is 19.5 Å². The lowest BCUT2D eigenvalue weighted by molar-refractivity contribution is 0.236. The Bertz CT molecular complexity index is 685. The van der Waals surface area contributed by atoms with E-state index in [2.05, 4.69) is 33.7 Å². The number of amides is 2. The molecule has 126 valence electrons. The Kier molecular flexibility index (Phi) is 6.44. The largest absolute Gasteiger partial charge is 0.333 e. The number of carbonyl (C=O) groups excluding carboxylic acids is 1. The second-order valence-corrected chi connectivity index (χ2v) is 5.99. The van der Waals surface area contributed by atoms with Gasteiger partial charge in [0.2, 0.25) is 0 Å². The molecule has 0 radical (unpaired) electrons. The van der Waals surface area contributed by atoms with Gasteiger partial charge < -0.3 is 15.2 Å². The molecule has 1 unspecified atom stereocenters. The molecule has 0 bridgehead atoms. The number of aromatic nitrogens is 2. The van der Waals surface area contributed by atoms with Crippen molar-refractivity contribution in [3.63, 3.8) is 0 Å². The van der Waals surface area contributed by atoms with E-state index < -0.39 is 0 Å². The highest BCUT2D eigenvalue weighted by molar-refractivity contribution is 5.74. The lowest BCUT2D eigenvalue weighted by atomic mass is 10.1. The summed E-state index contributed by atoms with van der Waals surface area (Å²) >= 11 is 0. The standard InChI is InChI=1S/C19H24N4O/c1-4-17(15(2)3)22-19(24)21-14-18-20-11-13-23(18)12-10-16-8-6-5-7-9-16/h1,5-9,11,13,15,17H,10,12,14H2,2-3H3,(H2,21,22,24). The minimum Gasteiger partial charge on any atom is -0.333 e. The Hall–Kier alpha value is -2.74. The van der Waals surface area contributed by atoms with Crippen LogP contribution in [0.4, 0.5) is 4.79 Å². The van der Waals surface area contributed by atoms with Gasteiger partial charge in [-0.1, -0.05) is 50.1 Å². The summed E-state index contributed by atoms with van der Waals surface area (Å²) in [6, 6.07) is 9.74. The van der Waals surface area contributed by atoms with Crippen molar-refractivity contribution in [2.75, 3.05) is 0 Å². The summed E-state index contributed by atoms with van der Waals surface area (Å²) in [4.78, 5) is 16.3. The van der Waals surface area contributed by atoms with Gasteiger partial charge in [0.15, 0.2) is 0 Å². The summed E-state index contributed by atoms with van der Waals surface area (Å²) in [7, 11) is 0. The van der Waals surface area contributed by atoms with Crippen molar-refractivity contribution in [1.29, 1.82) is 0 Å². The molecule has 0 aliphatic rings. The highest BCUT2D eigenvalue weighted by Gasteiger charge is 2.13. The van der Waals surface area contributed by atoms with Crippen LogP contribution in [0.5, 0.6) is 0 Å². The minimum absolute atomic E-state index is 0.189. The van der Waals surface area contributed by atoms with Gasteiger partial charge in [-0.3, -0.25) is 0 Å². The molecule has 0 saturated carbocycles. The maximum Gasteiger partial charge on any atom is 0.316 e. The van der Waals surface area contributed by atoms with E-state index in [1.54, 1.807) is 6.20 Å². The van der Waals surface area contributed by atoms with E-state index in [-0.39, 0.29) is 18.0 Å². The molecule has 5 nitrogen and oxygen atoms in total. The molecule has 2 rings (SSSR count). The molecule has 0 aliphatic carbocycles. The molecular weight excluding hydrogens is 300 g/mol. The van der Waals surface area contributed by atoms with Gasteiger partial charge in [-0.2, -0.15) is 0 Å². The molecule has 1 atom stereocenters. The van der Waals surface area contributed by atoms with Crippen LogP contribution in [0.1, 0.15) is 25.2 Å². The third kappa shape index (κ3) is 5.17. The van der Waals surface area contributed by atoms with Crippen molar-refractivity contribution < 1.29 is 4.79 Å². The number of nitrogens with one attached hydrogen (secondary N) is 2. The Morgan fingerprint density at radius 1 is 1.33 bits per heavy atom. The van der Waals surface area contributed by atoms with Crippen molar-refractivity contribution in [2.24, 2.45) is 5.92 Å². The second-order valence-electron chi connectivity index (χ2n) is 5.99. The van der Waals surface area contributed by atoms with Crippen LogP contribution in [0, 0.1) is 18.3 Å². The molecule has 2 N–H and O–H groups in total. The number of hydrogen-bond donors (Lipinski definition) is 2. The Labute approximate surface area is 143 Å². The number of hydrogen-bond acceptors (Lipinski definition) is 2. The van der Waals surface area contributed by atoms with Crippen molar-refractivity contribution in [3.8, 4) is 12.3 Å². The van der Waals surface area contributed by atoms with Crippen LogP contribution in [0.25, 0.3) is 0 Å². The third-order valence-corrected chi connectivity index (χ3v) is 3.83. The predicted molar refractivity (Wildman–Crippen MR) is 95.2 cm³/mol. The summed E-state index contributed by atoms with van der Waals surface area (Å²) in [6.45, 7) is 5.13. The van der Waals surface area contributed by atoms with Crippen LogP contribution in [0.15, 0.2) is 42.7 Å². The molecule has 2 amide bonds. The lowest BCUT2D eigenvalue weighted by Crippen LogP contribution is -2.43. The maximum absolute atomic E-state index is 11.9. The predicted octanol–water partition coefficient (Wildman–Crippen LogP) is 2.58. The Morgan fingerprint density at radius 2 is 2.08 bits per heavy atom. The van der Waals surface area contributed by atoms with Gasteiger partial charge in [0.1, 0.15) is 5.82 Å². The fourth-order valence-electron chi connectivity index (χ4n) is 2.36. The molecule has 0 fully saturated rings. The van der Waals surface area contributed by atoms with Crippen LogP contribution in [-0.4, -0.2) is 21.6 Å². The molecule has 0 spiro atoms. The average Bonchev–Trinajstić information content (AvgIpc) is 3.04. The summed E-state index contributed by atoms with van der Waals surface area (Å²) in [6.07, 6.45) is 10.0. The van der Waals surface area contributed by atoms with E-state index in [9.17, 15) is 4.79 Å². The molecule has 1 aromatic carbocycles. The normalized spacial score (nSPS) is 11.8. The van der Waals surface area contributed by atoms with Crippen LogP contribution < -0.4 is 10.6 Å². The number of rotatable bonds is 7. The molecule has 2 aromatic rings. The van der Waals surface area contributed by atoms with Crippen LogP contribution in [0.2, 0.25) is 0 Å². The summed E-state index contributed by atoms with van der Waals surface area (Å²) in [5.74, 6) is 3.59. The first kappa shape index (κ1) is 17.6. The number of urea groups is 1. The zero-order chi connectivity index (χ0) is 17.4. The van der Waals surface area contributed by atoms with E-state index in [1.807, 2.05) is 42.8 Å². The molecule has 24 heavy (non-hydrogen) atoms. The van der Waals surface area contributed by atoms with Gasteiger partial charge in [0, 0.05) is 18.9 Å². The monoisotopic (exact) mass is 324 g/mol. The fourth-order valence-corrected chi connectivity index (χ4v) is 2.36. The van der Waals surface area contributed by atoms with Gasteiger partial charge in [0.05, 0.1) is 12.6 Å². The van der Waals surface area contributed by atoms with Gasteiger partial charge in [0.25, 0.3) is 0 Å². The van der Waals surface area contributed by atoms with E-state index in [0.717, 1.165) is 18.8 Å². The van der Waals surface area contributed by atoms with E-state index in [4.69, 9.17) is 6.42 Å². The Morgan fingerprint density at radius 3 is 2.75 bits per heavy atom.